The topological polar surface area (TPSA) is 51.5 Å². The number of nitrogens with zero attached hydrogens (tertiary/aromatic N) is 1. The Morgan fingerprint density at radius 2 is 1.85 bits per heavy atom. The number of aryl methyl sites for hydroxylation is 1. The van der Waals surface area contributed by atoms with Gasteiger partial charge in [0.05, 0.1) is 0 Å². The van der Waals surface area contributed by atoms with Gasteiger partial charge in [0.2, 0.25) is 0 Å². The lowest BCUT2D eigenvalue weighted by Gasteiger charge is -2.21. The number of carbonyl (C=O) groups is 1. The van der Waals surface area contributed by atoms with E-state index in [1.165, 1.54) is 41.6 Å². The maximum absolute atomic E-state index is 11.4. The number of carboxylic acids is 1. The monoisotopic (exact) mass is 363 g/mol. The standard InChI is InChI=1S/C23H25NO3/c1-23(2,22(25)26)27-17-12-13-19-18(15-17)21(16-9-5-3-6-10-16)20-11-7-4-8-14-24(19)20/h3,5-6,9-10,12-13,15H,4,7-8,11,14H2,1-2H3,(H,25,26). The molecule has 0 spiro atoms. The van der Waals surface area contributed by atoms with E-state index in [1.54, 1.807) is 13.8 Å². The zero-order valence-corrected chi connectivity index (χ0v) is 15.9. The van der Waals surface area contributed by atoms with Crippen molar-refractivity contribution in [2.75, 3.05) is 0 Å². The molecule has 0 atom stereocenters. The maximum Gasteiger partial charge on any atom is 0.347 e. The van der Waals surface area contributed by atoms with Gasteiger partial charge < -0.3 is 14.4 Å². The Labute approximate surface area is 159 Å². The Bertz CT molecular complexity index is 986. The highest BCUT2D eigenvalue weighted by Gasteiger charge is 2.30. The van der Waals surface area contributed by atoms with E-state index in [1.807, 2.05) is 18.2 Å². The molecule has 3 aromatic rings. The lowest BCUT2D eigenvalue weighted by atomic mass is 9.99. The van der Waals surface area contributed by atoms with Crippen LogP contribution in [0.25, 0.3) is 22.0 Å². The highest BCUT2D eigenvalue weighted by atomic mass is 16.5. The zero-order chi connectivity index (χ0) is 19.0. The van der Waals surface area contributed by atoms with E-state index >= 15 is 0 Å². The normalized spacial score (nSPS) is 14.6. The minimum atomic E-state index is -1.27. The number of fused-ring (bicyclic) bond motifs is 3. The summed E-state index contributed by atoms with van der Waals surface area (Å²) in [6.45, 7) is 4.18. The molecule has 0 saturated heterocycles. The first-order valence-electron chi connectivity index (χ1n) is 9.60. The molecule has 0 radical (unpaired) electrons. The molecule has 1 aliphatic rings. The number of carboxylic acid groups (broad SMARTS) is 1. The summed E-state index contributed by atoms with van der Waals surface area (Å²) in [7, 11) is 0. The zero-order valence-electron chi connectivity index (χ0n) is 15.9. The molecule has 2 heterocycles. The minimum absolute atomic E-state index is 0.591. The van der Waals surface area contributed by atoms with Crippen molar-refractivity contribution < 1.29 is 14.6 Å². The van der Waals surface area contributed by atoms with Crippen molar-refractivity contribution in [1.29, 1.82) is 0 Å². The predicted octanol–water partition coefficient (Wildman–Crippen LogP) is 5.28. The van der Waals surface area contributed by atoms with Gasteiger partial charge in [0.15, 0.2) is 5.60 Å². The SMILES string of the molecule is CC(C)(Oc1ccc2c(c1)c(-c1ccccc1)c1n2CCCCC1)C(=O)O. The second kappa shape index (κ2) is 6.76. The van der Waals surface area contributed by atoms with Gasteiger partial charge in [-0.25, -0.2) is 4.79 Å². The molecular formula is C23H25NO3. The van der Waals surface area contributed by atoms with Crippen LogP contribution >= 0.6 is 0 Å². The third-order valence-corrected chi connectivity index (χ3v) is 5.39. The lowest BCUT2D eigenvalue weighted by molar-refractivity contribution is -0.152. The van der Waals surface area contributed by atoms with Crippen LogP contribution in [0.2, 0.25) is 0 Å². The second-order valence-corrected chi connectivity index (χ2v) is 7.75. The fourth-order valence-electron chi connectivity index (χ4n) is 3.97. The van der Waals surface area contributed by atoms with Gasteiger partial charge in [0.25, 0.3) is 0 Å². The third-order valence-electron chi connectivity index (χ3n) is 5.39. The van der Waals surface area contributed by atoms with Crippen molar-refractivity contribution in [2.45, 2.75) is 51.7 Å². The fraction of sp³-hybridized carbons (Fsp3) is 0.348. The van der Waals surface area contributed by atoms with Crippen LogP contribution in [-0.2, 0) is 17.8 Å². The largest absolute Gasteiger partial charge is 0.478 e. The number of hydrogen-bond acceptors (Lipinski definition) is 2. The van der Waals surface area contributed by atoms with Crippen LogP contribution in [0.5, 0.6) is 5.75 Å². The number of aromatic nitrogens is 1. The summed E-state index contributed by atoms with van der Waals surface area (Å²) >= 11 is 0. The van der Waals surface area contributed by atoms with E-state index in [2.05, 4.69) is 34.9 Å². The van der Waals surface area contributed by atoms with Gasteiger partial charge >= 0.3 is 5.97 Å². The van der Waals surface area contributed by atoms with Crippen LogP contribution < -0.4 is 4.74 Å². The quantitative estimate of drug-likeness (QED) is 0.686. The van der Waals surface area contributed by atoms with Crippen LogP contribution in [0.1, 0.15) is 38.8 Å². The third kappa shape index (κ3) is 3.20. The summed E-state index contributed by atoms with van der Waals surface area (Å²) in [5.74, 6) is -0.383. The van der Waals surface area contributed by atoms with Gasteiger partial charge in [-0.1, -0.05) is 36.8 Å². The molecule has 0 unspecified atom stereocenters. The first-order chi connectivity index (χ1) is 13.0. The van der Waals surface area contributed by atoms with Crippen LogP contribution in [0.3, 0.4) is 0 Å². The molecule has 0 bridgehead atoms. The summed E-state index contributed by atoms with van der Waals surface area (Å²) < 4.78 is 8.25. The number of rotatable bonds is 4. The summed E-state index contributed by atoms with van der Waals surface area (Å²) in [5.41, 5.74) is 3.77. The van der Waals surface area contributed by atoms with Gasteiger partial charge in [0, 0.05) is 28.7 Å². The first-order valence-corrected chi connectivity index (χ1v) is 9.60. The Morgan fingerprint density at radius 1 is 1.07 bits per heavy atom. The Kier molecular flexibility index (Phi) is 4.42. The molecule has 140 valence electrons. The van der Waals surface area contributed by atoms with Crippen molar-refractivity contribution >= 4 is 16.9 Å². The van der Waals surface area contributed by atoms with E-state index in [4.69, 9.17) is 4.74 Å². The van der Waals surface area contributed by atoms with Crippen LogP contribution in [0.15, 0.2) is 48.5 Å². The van der Waals surface area contributed by atoms with E-state index in [-0.39, 0.29) is 0 Å². The fourth-order valence-corrected chi connectivity index (χ4v) is 3.97. The number of aliphatic carboxylic acids is 1. The maximum atomic E-state index is 11.4. The predicted molar refractivity (Wildman–Crippen MR) is 107 cm³/mol. The van der Waals surface area contributed by atoms with Crippen molar-refractivity contribution in [3.63, 3.8) is 0 Å². The van der Waals surface area contributed by atoms with Crippen molar-refractivity contribution in [1.82, 2.24) is 4.57 Å². The highest BCUT2D eigenvalue weighted by Crippen LogP contribution is 2.39. The van der Waals surface area contributed by atoms with Crippen molar-refractivity contribution in [2.24, 2.45) is 0 Å². The summed E-state index contributed by atoms with van der Waals surface area (Å²) in [4.78, 5) is 11.4. The number of hydrogen-bond donors (Lipinski definition) is 1. The first kappa shape index (κ1) is 17.7. The molecule has 0 aliphatic carbocycles. The lowest BCUT2D eigenvalue weighted by Crippen LogP contribution is -2.37. The van der Waals surface area contributed by atoms with Crippen LogP contribution in [0, 0.1) is 0 Å². The smallest absolute Gasteiger partial charge is 0.347 e. The molecule has 2 aromatic carbocycles. The molecule has 1 N–H and O–H groups in total. The molecule has 27 heavy (non-hydrogen) atoms. The van der Waals surface area contributed by atoms with Gasteiger partial charge in [-0.05, 0) is 56.9 Å². The Morgan fingerprint density at radius 3 is 2.59 bits per heavy atom. The van der Waals surface area contributed by atoms with Crippen LogP contribution in [-0.4, -0.2) is 21.2 Å². The molecule has 4 nitrogen and oxygen atoms in total. The molecule has 1 aromatic heterocycles. The molecule has 0 fully saturated rings. The average Bonchev–Trinajstić information content (AvgIpc) is 2.78. The van der Waals surface area contributed by atoms with E-state index in [9.17, 15) is 9.90 Å². The Hall–Kier alpha value is -2.75. The van der Waals surface area contributed by atoms with Gasteiger partial charge in [-0.2, -0.15) is 0 Å². The number of ether oxygens (including phenoxy) is 1. The van der Waals surface area contributed by atoms with Gasteiger partial charge in [0.1, 0.15) is 5.75 Å². The molecular weight excluding hydrogens is 338 g/mol. The van der Waals surface area contributed by atoms with E-state index in [0.717, 1.165) is 18.4 Å². The van der Waals surface area contributed by atoms with Gasteiger partial charge in [-0.15, -0.1) is 0 Å². The number of benzene rings is 2. The summed E-state index contributed by atoms with van der Waals surface area (Å²) in [6, 6.07) is 16.4. The molecule has 0 saturated carbocycles. The van der Waals surface area contributed by atoms with Gasteiger partial charge in [-0.3, -0.25) is 0 Å². The Balaban J connectivity index is 1.91. The molecule has 0 amide bonds. The average molecular weight is 363 g/mol. The second-order valence-electron chi connectivity index (χ2n) is 7.75. The molecule has 4 heteroatoms. The van der Waals surface area contributed by atoms with E-state index in [0.29, 0.717) is 5.75 Å². The highest BCUT2D eigenvalue weighted by molar-refractivity contribution is 5.99. The van der Waals surface area contributed by atoms with Crippen LogP contribution in [0.4, 0.5) is 0 Å². The van der Waals surface area contributed by atoms with Crippen molar-refractivity contribution in [3.05, 3.63) is 54.2 Å². The van der Waals surface area contributed by atoms with E-state index < -0.39 is 11.6 Å². The minimum Gasteiger partial charge on any atom is -0.478 e. The van der Waals surface area contributed by atoms with Crippen molar-refractivity contribution in [3.8, 4) is 16.9 Å². The summed E-state index contributed by atoms with van der Waals surface area (Å²) in [5, 5.41) is 10.5. The molecule has 1 aliphatic heterocycles. The summed E-state index contributed by atoms with van der Waals surface area (Å²) in [6.07, 6.45) is 4.71. The molecule has 4 rings (SSSR count).